The maximum absolute atomic E-state index is 5.84. The Bertz CT molecular complexity index is 477. The van der Waals surface area contributed by atoms with E-state index in [9.17, 15) is 0 Å². The van der Waals surface area contributed by atoms with E-state index in [1.165, 1.54) is 11.1 Å². The van der Waals surface area contributed by atoms with Crippen molar-refractivity contribution < 1.29 is 0 Å². The van der Waals surface area contributed by atoms with E-state index in [4.69, 9.17) is 23.2 Å². The number of hydrogen-bond acceptors (Lipinski definition) is 1. The van der Waals surface area contributed by atoms with Crippen LogP contribution in [-0.4, -0.2) is 0 Å². The molecule has 0 bridgehead atoms. The Balaban J connectivity index is 1.82. The topological polar surface area (TPSA) is 12.0 Å². The maximum atomic E-state index is 5.84. The SMILES string of the molecule is ClCc1ccc(CNCc2ccc(Cl)cc2)cc1. The van der Waals surface area contributed by atoms with Crippen molar-refractivity contribution in [2.24, 2.45) is 0 Å². The third-order valence-corrected chi connectivity index (χ3v) is 3.31. The number of rotatable bonds is 5. The van der Waals surface area contributed by atoms with Crippen molar-refractivity contribution in [1.29, 1.82) is 0 Å². The molecule has 1 nitrogen and oxygen atoms in total. The molecule has 0 radical (unpaired) electrons. The zero-order chi connectivity index (χ0) is 12.8. The van der Waals surface area contributed by atoms with Crippen molar-refractivity contribution in [2.45, 2.75) is 19.0 Å². The largest absolute Gasteiger partial charge is 0.309 e. The van der Waals surface area contributed by atoms with Crippen LogP contribution in [0.25, 0.3) is 0 Å². The lowest BCUT2D eigenvalue weighted by Gasteiger charge is -2.06. The van der Waals surface area contributed by atoms with Gasteiger partial charge in [0.1, 0.15) is 0 Å². The summed E-state index contributed by atoms with van der Waals surface area (Å²) in [7, 11) is 0. The summed E-state index contributed by atoms with van der Waals surface area (Å²) < 4.78 is 0. The minimum atomic E-state index is 0.568. The maximum Gasteiger partial charge on any atom is 0.0474 e. The van der Waals surface area contributed by atoms with Gasteiger partial charge in [0, 0.05) is 24.0 Å². The van der Waals surface area contributed by atoms with Crippen molar-refractivity contribution in [3.05, 3.63) is 70.2 Å². The molecule has 0 aliphatic rings. The van der Waals surface area contributed by atoms with Crippen LogP contribution in [0.3, 0.4) is 0 Å². The molecule has 0 saturated carbocycles. The molecule has 0 aromatic heterocycles. The third-order valence-electron chi connectivity index (χ3n) is 2.75. The second kappa shape index (κ2) is 6.79. The lowest BCUT2D eigenvalue weighted by atomic mass is 10.1. The van der Waals surface area contributed by atoms with Crippen LogP contribution in [0, 0.1) is 0 Å². The predicted molar refractivity (Wildman–Crippen MR) is 78.0 cm³/mol. The van der Waals surface area contributed by atoms with Crippen molar-refractivity contribution in [3.63, 3.8) is 0 Å². The summed E-state index contributed by atoms with van der Waals surface area (Å²) in [6.07, 6.45) is 0. The molecule has 0 spiro atoms. The van der Waals surface area contributed by atoms with E-state index < -0.39 is 0 Å². The molecule has 0 aliphatic carbocycles. The summed E-state index contributed by atoms with van der Waals surface area (Å²) in [6, 6.07) is 16.2. The molecular formula is C15H15Cl2N. The van der Waals surface area contributed by atoms with Crippen LogP contribution in [-0.2, 0) is 19.0 Å². The third kappa shape index (κ3) is 4.02. The molecule has 1 N–H and O–H groups in total. The first kappa shape index (κ1) is 13.4. The van der Waals surface area contributed by atoms with Gasteiger partial charge in [0.05, 0.1) is 0 Å². The van der Waals surface area contributed by atoms with E-state index in [1.807, 2.05) is 24.3 Å². The fourth-order valence-corrected chi connectivity index (χ4v) is 2.00. The molecule has 0 heterocycles. The van der Waals surface area contributed by atoms with Crippen LogP contribution >= 0.6 is 23.2 Å². The second-order valence-electron chi connectivity index (χ2n) is 4.18. The minimum absolute atomic E-state index is 0.568. The molecule has 0 fully saturated rings. The van der Waals surface area contributed by atoms with Crippen LogP contribution < -0.4 is 5.32 Å². The van der Waals surface area contributed by atoms with Gasteiger partial charge < -0.3 is 5.32 Å². The van der Waals surface area contributed by atoms with E-state index in [1.54, 1.807) is 0 Å². The quantitative estimate of drug-likeness (QED) is 0.802. The molecule has 0 amide bonds. The molecule has 3 heteroatoms. The van der Waals surface area contributed by atoms with E-state index in [-0.39, 0.29) is 0 Å². The molecule has 2 aromatic carbocycles. The Morgan fingerprint density at radius 2 is 1.17 bits per heavy atom. The zero-order valence-electron chi connectivity index (χ0n) is 10.00. The number of nitrogens with one attached hydrogen (secondary N) is 1. The fraction of sp³-hybridized carbons (Fsp3) is 0.200. The van der Waals surface area contributed by atoms with E-state index in [2.05, 4.69) is 29.6 Å². The van der Waals surface area contributed by atoms with Crippen molar-refractivity contribution >= 4 is 23.2 Å². The monoisotopic (exact) mass is 279 g/mol. The highest BCUT2D eigenvalue weighted by molar-refractivity contribution is 6.30. The van der Waals surface area contributed by atoms with Gasteiger partial charge in [0.25, 0.3) is 0 Å². The lowest BCUT2D eigenvalue weighted by Crippen LogP contribution is -2.12. The molecule has 0 unspecified atom stereocenters. The van der Waals surface area contributed by atoms with Crippen molar-refractivity contribution in [3.8, 4) is 0 Å². The van der Waals surface area contributed by atoms with Crippen LogP contribution in [0.5, 0.6) is 0 Å². The highest BCUT2D eigenvalue weighted by Gasteiger charge is 1.95. The summed E-state index contributed by atoms with van der Waals surface area (Å²) in [4.78, 5) is 0. The van der Waals surface area contributed by atoms with Gasteiger partial charge in [-0.2, -0.15) is 0 Å². The number of benzene rings is 2. The first-order valence-corrected chi connectivity index (χ1v) is 6.78. The lowest BCUT2D eigenvalue weighted by molar-refractivity contribution is 0.693. The van der Waals surface area contributed by atoms with Crippen LogP contribution in [0.15, 0.2) is 48.5 Å². The summed E-state index contributed by atoms with van der Waals surface area (Å²) in [5.74, 6) is 0.568. The van der Waals surface area contributed by atoms with Crippen molar-refractivity contribution in [2.75, 3.05) is 0 Å². The van der Waals surface area contributed by atoms with Gasteiger partial charge in [-0.15, -0.1) is 11.6 Å². The van der Waals surface area contributed by atoms with E-state index in [0.717, 1.165) is 23.7 Å². The summed E-state index contributed by atoms with van der Waals surface area (Å²) in [5, 5.41) is 4.17. The van der Waals surface area contributed by atoms with Gasteiger partial charge in [-0.3, -0.25) is 0 Å². The number of halogens is 2. The molecule has 0 saturated heterocycles. The average molecular weight is 280 g/mol. The second-order valence-corrected chi connectivity index (χ2v) is 4.88. The molecule has 2 rings (SSSR count). The average Bonchev–Trinajstić information content (AvgIpc) is 2.42. The molecule has 0 aliphatic heterocycles. The van der Waals surface area contributed by atoms with Gasteiger partial charge in [-0.25, -0.2) is 0 Å². The normalized spacial score (nSPS) is 10.6. The Hall–Kier alpha value is -1.02. The number of alkyl halides is 1. The smallest absolute Gasteiger partial charge is 0.0474 e. The molecule has 2 aromatic rings. The van der Waals surface area contributed by atoms with Crippen LogP contribution in [0.1, 0.15) is 16.7 Å². The van der Waals surface area contributed by atoms with Crippen LogP contribution in [0.2, 0.25) is 5.02 Å². The van der Waals surface area contributed by atoms with Crippen molar-refractivity contribution in [1.82, 2.24) is 5.32 Å². The van der Waals surface area contributed by atoms with E-state index in [0.29, 0.717) is 5.88 Å². The summed E-state index contributed by atoms with van der Waals surface area (Å²) in [6.45, 7) is 1.69. The first-order valence-electron chi connectivity index (χ1n) is 5.87. The van der Waals surface area contributed by atoms with Gasteiger partial charge >= 0.3 is 0 Å². The fourth-order valence-electron chi connectivity index (χ4n) is 1.70. The zero-order valence-corrected chi connectivity index (χ0v) is 11.5. The summed E-state index contributed by atoms with van der Waals surface area (Å²) >= 11 is 11.6. The minimum Gasteiger partial charge on any atom is -0.309 e. The molecule has 94 valence electrons. The Morgan fingerprint density at radius 3 is 1.67 bits per heavy atom. The number of hydrogen-bond donors (Lipinski definition) is 1. The first-order chi connectivity index (χ1) is 8.78. The highest BCUT2D eigenvalue weighted by Crippen LogP contribution is 2.10. The standard InChI is InChI=1S/C15H15Cl2N/c16-9-12-1-3-13(4-2-12)10-18-11-14-5-7-15(17)8-6-14/h1-8,18H,9-11H2. The summed E-state index contributed by atoms with van der Waals surface area (Å²) in [5.41, 5.74) is 3.65. The molecule has 0 atom stereocenters. The Morgan fingerprint density at radius 1 is 0.722 bits per heavy atom. The Labute approximate surface area is 118 Å². The van der Waals surface area contributed by atoms with Gasteiger partial charge in [0.2, 0.25) is 0 Å². The molecule has 18 heavy (non-hydrogen) atoms. The Kier molecular flexibility index (Phi) is 5.06. The highest BCUT2D eigenvalue weighted by atomic mass is 35.5. The van der Waals surface area contributed by atoms with Gasteiger partial charge in [-0.1, -0.05) is 48.0 Å². The van der Waals surface area contributed by atoms with Gasteiger partial charge in [-0.05, 0) is 28.8 Å². The van der Waals surface area contributed by atoms with Gasteiger partial charge in [0.15, 0.2) is 0 Å². The van der Waals surface area contributed by atoms with Crippen LogP contribution in [0.4, 0.5) is 0 Å². The van der Waals surface area contributed by atoms with E-state index >= 15 is 0 Å². The predicted octanol–water partition coefficient (Wildman–Crippen LogP) is 4.37. The molecular weight excluding hydrogens is 265 g/mol.